The Morgan fingerprint density at radius 3 is 2.34 bits per heavy atom. The van der Waals surface area contributed by atoms with Gasteiger partial charge in [-0.25, -0.2) is 0 Å². The zero-order valence-corrected chi connectivity index (χ0v) is 19.1. The lowest BCUT2D eigenvalue weighted by Gasteiger charge is -2.07. The van der Waals surface area contributed by atoms with Gasteiger partial charge < -0.3 is 9.30 Å². The first kappa shape index (κ1) is 21.7. The molecule has 0 saturated carbocycles. The van der Waals surface area contributed by atoms with Crippen LogP contribution in [-0.4, -0.2) is 23.1 Å². The van der Waals surface area contributed by atoms with E-state index in [4.69, 9.17) is 4.74 Å². The van der Waals surface area contributed by atoms with E-state index in [1.165, 1.54) is 11.3 Å². The highest BCUT2D eigenvalue weighted by atomic mass is 32.1. The summed E-state index contributed by atoms with van der Waals surface area (Å²) >= 11 is 1.40. The molecule has 0 spiro atoms. The van der Waals surface area contributed by atoms with Crippen molar-refractivity contribution in [2.75, 3.05) is 6.61 Å². The number of esters is 1. The summed E-state index contributed by atoms with van der Waals surface area (Å²) in [5.74, 6) is -0.698. The normalized spacial score (nSPS) is 11.7. The number of benzene rings is 3. The number of carbonyl (C=O) groups is 2. The first-order valence-electron chi connectivity index (χ1n) is 10.5. The van der Waals surface area contributed by atoms with E-state index in [1.807, 2.05) is 62.4 Å². The second kappa shape index (κ2) is 9.32. The summed E-state index contributed by atoms with van der Waals surface area (Å²) in [6.07, 6.45) is 0. The minimum absolute atomic E-state index is 0.0107. The van der Waals surface area contributed by atoms with Crippen molar-refractivity contribution in [1.29, 1.82) is 0 Å². The maximum absolute atomic E-state index is 13.0. The second-order valence-corrected chi connectivity index (χ2v) is 8.57. The average molecular weight is 445 g/mol. The van der Waals surface area contributed by atoms with Crippen LogP contribution in [0.2, 0.25) is 0 Å². The van der Waals surface area contributed by atoms with Gasteiger partial charge in [-0.05, 0) is 61.2 Å². The number of ether oxygens (including phenoxy) is 1. The molecule has 5 nitrogen and oxygen atoms in total. The highest BCUT2D eigenvalue weighted by Gasteiger charge is 2.15. The fourth-order valence-corrected chi connectivity index (χ4v) is 4.95. The van der Waals surface area contributed by atoms with Crippen LogP contribution in [0.1, 0.15) is 28.4 Å². The Kier molecular flexibility index (Phi) is 6.32. The standard InChI is InChI=1S/C26H24N2O3S/c1-4-31-23(29)16-28-24-18(3)14-17(2)15-22(24)32-26(28)27-25(30)21-12-10-20(11-13-21)19-8-6-5-7-9-19/h5-15H,4,16H2,1-3H3. The van der Waals surface area contributed by atoms with Crippen LogP contribution >= 0.6 is 11.3 Å². The molecule has 0 aliphatic carbocycles. The summed E-state index contributed by atoms with van der Waals surface area (Å²) in [5.41, 5.74) is 5.67. The van der Waals surface area contributed by atoms with Crippen LogP contribution in [-0.2, 0) is 16.1 Å². The van der Waals surface area contributed by atoms with E-state index in [2.05, 4.69) is 11.1 Å². The number of fused-ring (bicyclic) bond motifs is 1. The highest BCUT2D eigenvalue weighted by molar-refractivity contribution is 7.16. The maximum atomic E-state index is 13.0. The molecule has 0 saturated heterocycles. The van der Waals surface area contributed by atoms with Gasteiger partial charge in [0.25, 0.3) is 5.91 Å². The molecule has 32 heavy (non-hydrogen) atoms. The fraction of sp³-hybridized carbons (Fsp3) is 0.192. The summed E-state index contributed by atoms with van der Waals surface area (Å²) in [6, 6.07) is 21.5. The molecule has 1 amide bonds. The fourth-order valence-electron chi connectivity index (χ4n) is 3.75. The van der Waals surface area contributed by atoms with Gasteiger partial charge >= 0.3 is 5.97 Å². The van der Waals surface area contributed by atoms with E-state index >= 15 is 0 Å². The lowest BCUT2D eigenvalue weighted by Crippen LogP contribution is -2.23. The molecule has 4 rings (SSSR count). The molecular formula is C26H24N2O3S. The molecule has 0 atom stereocenters. The van der Waals surface area contributed by atoms with Crippen LogP contribution in [0.5, 0.6) is 0 Å². The topological polar surface area (TPSA) is 60.7 Å². The number of aryl methyl sites for hydroxylation is 2. The van der Waals surface area contributed by atoms with E-state index in [0.29, 0.717) is 17.0 Å². The monoisotopic (exact) mass is 444 g/mol. The van der Waals surface area contributed by atoms with Crippen LogP contribution in [0.15, 0.2) is 71.7 Å². The van der Waals surface area contributed by atoms with Gasteiger partial charge in [0, 0.05) is 5.56 Å². The smallest absolute Gasteiger partial charge is 0.326 e. The zero-order valence-electron chi connectivity index (χ0n) is 18.3. The minimum Gasteiger partial charge on any atom is -0.465 e. The van der Waals surface area contributed by atoms with Crippen molar-refractivity contribution in [3.63, 3.8) is 0 Å². The Hall–Kier alpha value is -3.51. The molecule has 0 aliphatic heterocycles. The van der Waals surface area contributed by atoms with Gasteiger partial charge in [0.15, 0.2) is 4.80 Å². The SMILES string of the molecule is CCOC(=O)Cn1c(=NC(=O)c2ccc(-c3ccccc3)cc2)sc2cc(C)cc(C)c21. The third kappa shape index (κ3) is 4.55. The molecule has 0 N–H and O–H groups in total. The lowest BCUT2D eigenvalue weighted by atomic mass is 10.0. The molecule has 3 aromatic carbocycles. The van der Waals surface area contributed by atoms with E-state index < -0.39 is 0 Å². The number of aromatic nitrogens is 1. The number of carbonyl (C=O) groups excluding carboxylic acids is 2. The molecule has 1 aromatic heterocycles. The third-order valence-electron chi connectivity index (χ3n) is 5.14. The molecule has 1 heterocycles. The van der Waals surface area contributed by atoms with Crippen molar-refractivity contribution in [2.24, 2.45) is 4.99 Å². The van der Waals surface area contributed by atoms with E-state index in [9.17, 15) is 9.59 Å². The molecule has 0 unspecified atom stereocenters. The Bertz CT molecular complexity index is 1350. The van der Waals surface area contributed by atoms with Crippen molar-refractivity contribution in [3.05, 3.63) is 88.2 Å². The number of thiazole rings is 1. The van der Waals surface area contributed by atoms with Gasteiger partial charge in [-0.2, -0.15) is 4.99 Å². The molecule has 0 bridgehead atoms. The van der Waals surface area contributed by atoms with Crippen molar-refractivity contribution < 1.29 is 14.3 Å². The van der Waals surface area contributed by atoms with E-state index in [0.717, 1.165) is 32.5 Å². The molecular weight excluding hydrogens is 420 g/mol. The predicted octanol–water partition coefficient (Wildman–Crippen LogP) is 5.29. The summed E-state index contributed by atoms with van der Waals surface area (Å²) in [4.78, 5) is 30.1. The summed E-state index contributed by atoms with van der Waals surface area (Å²) in [7, 11) is 0. The summed E-state index contributed by atoms with van der Waals surface area (Å²) in [6.45, 7) is 6.11. The van der Waals surface area contributed by atoms with Gasteiger partial charge in [-0.15, -0.1) is 0 Å². The van der Waals surface area contributed by atoms with Crippen LogP contribution in [0.25, 0.3) is 21.3 Å². The van der Waals surface area contributed by atoms with E-state index in [-0.39, 0.29) is 18.4 Å². The second-order valence-electron chi connectivity index (χ2n) is 7.56. The van der Waals surface area contributed by atoms with Gasteiger partial charge in [-0.1, -0.05) is 59.9 Å². The molecule has 0 fully saturated rings. The third-order valence-corrected chi connectivity index (χ3v) is 6.17. The average Bonchev–Trinajstić information content (AvgIpc) is 3.11. The largest absolute Gasteiger partial charge is 0.465 e. The Balaban J connectivity index is 1.74. The number of nitrogens with zero attached hydrogens (tertiary/aromatic N) is 2. The number of amides is 1. The Labute approximate surface area is 190 Å². The lowest BCUT2D eigenvalue weighted by molar-refractivity contribution is -0.143. The van der Waals surface area contributed by atoms with Crippen molar-refractivity contribution in [1.82, 2.24) is 4.57 Å². The number of hydrogen-bond donors (Lipinski definition) is 0. The van der Waals surface area contributed by atoms with Gasteiger partial charge in [-0.3, -0.25) is 9.59 Å². The van der Waals surface area contributed by atoms with Crippen LogP contribution in [0.4, 0.5) is 0 Å². The maximum Gasteiger partial charge on any atom is 0.326 e. The molecule has 0 aliphatic rings. The molecule has 6 heteroatoms. The molecule has 0 radical (unpaired) electrons. The first-order valence-corrected chi connectivity index (χ1v) is 11.3. The Morgan fingerprint density at radius 2 is 1.66 bits per heavy atom. The van der Waals surface area contributed by atoms with Crippen molar-refractivity contribution in [3.8, 4) is 11.1 Å². The first-order chi connectivity index (χ1) is 15.5. The zero-order chi connectivity index (χ0) is 22.7. The molecule has 162 valence electrons. The predicted molar refractivity (Wildman–Crippen MR) is 128 cm³/mol. The Morgan fingerprint density at radius 1 is 0.969 bits per heavy atom. The summed E-state index contributed by atoms with van der Waals surface area (Å²) < 4.78 is 7.91. The summed E-state index contributed by atoms with van der Waals surface area (Å²) in [5, 5.41) is 0. The van der Waals surface area contributed by atoms with Gasteiger partial charge in [0.2, 0.25) is 0 Å². The highest BCUT2D eigenvalue weighted by Crippen LogP contribution is 2.24. The number of hydrogen-bond acceptors (Lipinski definition) is 4. The van der Waals surface area contributed by atoms with Crippen LogP contribution in [0, 0.1) is 13.8 Å². The van der Waals surface area contributed by atoms with E-state index in [1.54, 1.807) is 23.6 Å². The minimum atomic E-state index is -0.353. The molecule has 4 aromatic rings. The number of rotatable bonds is 5. The quantitative estimate of drug-likeness (QED) is 0.393. The van der Waals surface area contributed by atoms with Crippen LogP contribution in [0.3, 0.4) is 0 Å². The van der Waals surface area contributed by atoms with Gasteiger partial charge in [0.05, 0.1) is 16.8 Å². The van der Waals surface area contributed by atoms with Crippen LogP contribution < -0.4 is 4.80 Å². The van der Waals surface area contributed by atoms with Crippen molar-refractivity contribution >= 4 is 33.4 Å². The van der Waals surface area contributed by atoms with Gasteiger partial charge in [0.1, 0.15) is 6.54 Å². The van der Waals surface area contributed by atoms with Crippen molar-refractivity contribution in [2.45, 2.75) is 27.3 Å².